The number of nitrogens with zero attached hydrogens (tertiary/aromatic N) is 2. The van der Waals surface area contributed by atoms with Crippen molar-refractivity contribution < 1.29 is 0 Å². The standard InChI is InChI=1S/C60H46N2/c1-3-15-45(4-2)47-28-36-57(37-29-47)61(55-20-10-6-11-21-55)59-40-32-50(33-41-59)48-24-26-51(27-25-48)53-18-14-19-54(44-53)52-34-42-60(43-35-52)62(56-22-12-7-13-23-56)58-38-30-49(31-39-58)46-16-8-5-9-17-46/h3-44H,1-2H2/b45-15+. The molecular formula is C60H46N2. The van der Waals surface area contributed by atoms with E-state index in [1.807, 2.05) is 12.2 Å². The fourth-order valence-corrected chi connectivity index (χ4v) is 8.03. The third-order valence-electron chi connectivity index (χ3n) is 11.2. The number of allylic oxidation sites excluding steroid dienone is 4. The van der Waals surface area contributed by atoms with E-state index in [1.165, 1.54) is 44.5 Å². The van der Waals surface area contributed by atoms with Crippen molar-refractivity contribution in [2.24, 2.45) is 0 Å². The Bertz CT molecular complexity index is 2910. The molecule has 0 radical (unpaired) electrons. The smallest absolute Gasteiger partial charge is 0.0462 e. The third kappa shape index (κ3) is 8.58. The van der Waals surface area contributed by atoms with Gasteiger partial charge in [0.25, 0.3) is 0 Å². The summed E-state index contributed by atoms with van der Waals surface area (Å²) in [5.41, 5.74) is 18.2. The molecule has 2 nitrogen and oxygen atoms in total. The molecule has 9 rings (SSSR count). The summed E-state index contributed by atoms with van der Waals surface area (Å²) in [7, 11) is 0. The lowest BCUT2D eigenvalue weighted by atomic mass is 9.97. The highest BCUT2D eigenvalue weighted by molar-refractivity contribution is 5.83. The van der Waals surface area contributed by atoms with Gasteiger partial charge in [0, 0.05) is 34.1 Å². The topological polar surface area (TPSA) is 6.48 Å². The molecule has 0 spiro atoms. The minimum atomic E-state index is 1.04. The summed E-state index contributed by atoms with van der Waals surface area (Å²) in [6.07, 6.45) is 5.64. The maximum Gasteiger partial charge on any atom is 0.0462 e. The van der Waals surface area contributed by atoms with Crippen LogP contribution in [-0.2, 0) is 0 Å². The summed E-state index contributed by atoms with van der Waals surface area (Å²) >= 11 is 0. The van der Waals surface area contributed by atoms with Gasteiger partial charge in [0.2, 0.25) is 0 Å². The van der Waals surface area contributed by atoms with Gasteiger partial charge in [0.05, 0.1) is 0 Å². The number of benzene rings is 9. The van der Waals surface area contributed by atoms with Crippen LogP contribution in [0.3, 0.4) is 0 Å². The fraction of sp³-hybridized carbons (Fsp3) is 0. The lowest BCUT2D eigenvalue weighted by Gasteiger charge is -2.26. The highest BCUT2D eigenvalue weighted by Gasteiger charge is 2.15. The minimum Gasteiger partial charge on any atom is -0.311 e. The molecule has 0 aromatic heterocycles. The Morgan fingerprint density at radius 2 is 0.581 bits per heavy atom. The van der Waals surface area contributed by atoms with Crippen LogP contribution >= 0.6 is 0 Å². The highest BCUT2D eigenvalue weighted by Crippen LogP contribution is 2.39. The van der Waals surface area contributed by atoms with Crippen LogP contribution in [0.2, 0.25) is 0 Å². The van der Waals surface area contributed by atoms with Crippen LogP contribution in [0, 0.1) is 0 Å². The first-order chi connectivity index (χ1) is 30.6. The van der Waals surface area contributed by atoms with Crippen LogP contribution in [0.15, 0.2) is 268 Å². The Balaban J connectivity index is 0.933. The summed E-state index contributed by atoms with van der Waals surface area (Å²) < 4.78 is 0. The van der Waals surface area contributed by atoms with Crippen molar-refractivity contribution in [3.05, 3.63) is 274 Å². The van der Waals surface area contributed by atoms with Gasteiger partial charge >= 0.3 is 0 Å². The summed E-state index contributed by atoms with van der Waals surface area (Å²) in [6, 6.07) is 84.4. The average molecular weight is 795 g/mol. The molecule has 2 heteroatoms. The normalized spacial score (nSPS) is 11.1. The van der Waals surface area contributed by atoms with Crippen molar-refractivity contribution in [1.82, 2.24) is 0 Å². The molecule has 0 aliphatic heterocycles. The molecule has 0 bridgehead atoms. The lowest BCUT2D eigenvalue weighted by Crippen LogP contribution is -2.09. The van der Waals surface area contributed by atoms with Gasteiger partial charge in [-0.1, -0.05) is 189 Å². The van der Waals surface area contributed by atoms with Gasteiger partial charge in [-0.3, -0.25) is 0 Å². The summed E-state index contributed by atoms with van der Waals surface area (Å²) in [5, 5.41) is 0. The molecule has 296 valence electrons. The Labute approximate surface area is 366 Å². The van der Waals surface area contributed by atoms with E-state index in [0.29, 0.717) is 0 Å². The van der Waals surface area contributed by atoms with E-state index in [2.05, 4.69) is 260 Å². The van der Waals surface area contributed by atoms with Crippen molar-refractivity contribution in [1.29, 1.82) is 0 Å². The zero-order valence-electron chi connectivity index (χ0n) is 34.6. The highest BCUT2D eigenvalue weighted by atomic mass is 15.1. The van der Waals surface area contributed by atoms with Crippen molar-refractivity contribution >= 4 is 39.7 Å². The van der Waals surface area contributed by atoms with Crippen molar-refractivity contribution in [3.8, 4) is 44.5 Å². The van der Waals surface area contributed by atoms with Gasteiger partial charge in [0.15, 0.2) is 0 Å². The molecule has 62 heavy (non-hydrogen) atoms. The summed E-state index contributed by atoms with van der Waals surface area (Å²) in [5.74, 6) is 0. The van der Waals surface area contributed by atoms with E-state index >= 15 is 0 Å². The van der Waals surface area contributed by atoms with Crippen molar-refractivity contribution in [2.75, 3.05) is 9.80 Å². The Morgan fingerprint density at radius 3 is 0.952 bits per heavy atom. The van der Waals surface area contributed by atoms with Gasteiger partial charge in [0.1, 0.15) is 0 Å². The molecule has 0 heterocycles. The molecule has 0 unspecified atom stereocenters. The first-order valence-electron chi connectivity index (χ1n) is 21.0. The number of rotatable bonds is 13. The van der Waals surface area contributed by atoms with Gasteiger partial charge in [-0.25, -0.2) is 0 Å². The summed E-state index contributed by atoms with van der Waals surface area (Å²) in [4.78, 5) is 4.59. The van der Waals surface area contributed by atoms with Gasteiger partial charge in [-0.15, -0.1) is 0 Å². The maximum absolute atomic E-state index is 3.98. The molecule has 0 saturated heterocycles. The van der Waals surface area contributed by atoms with Crippen molar-refractivity contribution in [2.45, 2.75) is 0 Å². The van der Waals surface area contributed by atoms with E-state index in [9.17, 15) is 0 Å². The minimum absolute atomic E-state index is 1.04. The van der Waals surface area contributed by atoms with Crippen LogP contribution < -0.4 is 9.80 Å². The van der Waals surface area contributed by atoms with E-state index in [-0.39, 0.29) is 0 Å². The first-order valence-corrected chi connectivity index (χ1v) is 21.0. The average Bonchev–Trinajstić information content (AvgIpc) is 3.35. The van der Waals surface area contributed by atoms with Crippen LogP contribution in [0.1, 0.15) is 5.56 Å². The monoisotopic (exact) mass is 794 g/mol. The number of para-hydroxylation sites is 2. The van der Waals surface area contributed by atoms with E-state index in [4.69, 9.17) is 0 Å². The second kappa shape index (κ2) is 18.4. The maximum atomic E-state index is 3.98. The van der Waals surface area contributed by atoms with Crippen molar-refractivity contribution in [3.63, 3.8) is 0 Å². The SMILES string of the molecule is C=C/C=C(\C=C)c1ccc(N(c2ccccc2)c2ccc(-c3ccc(-c4cccc(-c5ccc(N(c6ccccc6)c6ccc(-c7ccccc7)cc6)cc5)c4)cc3)cc2)cc1. The predicted molar refractivity (Wildman–Crippen MR) is 266 cm³/mol. The largest absolute Gasteiger partial charge is 0.311 e. The van der Waals surface area contributed by atoms with E-state index in [0.717, 1.165) is 45.3 Å². The number of hydrogen-bond acceptors (Lipinski definition) is 2. The molecule has 0 atom stereocenters. The van der Waals surface area contributed by atoms with Crippen LogP contribution in [0.5, 0.6) is 0 Å². The van der Waals surface area contributed by atoms with Gasteiger partial charge in [-0.2, -0.15) is 0 Å². The molecule has 0 saturated carbocycles. The molecule has 0 aliphatic carbocycles. The van der Waals surface area contributed by atoms with Gasteiger partial charge in [-0.05, 0) is 135 Å². The van der Waals surface area contributed by atoms with Crippen LogP contribution in [-0.4, -0.2) is 0 Å². The zero-order chi connectivity index (χ0) is 42.1. The molecule has 9 aromatic carbocycles. The van der Waals surface area contributed by atoms with Gasteiger partial charge < -0.3 is 9.80 Å². The zero-order valence-corrected chi connectivity index (χ0v) is 34.6. The molecular weight excluding hydrogens is 749 g/mol. The first kappa shape index (κ1) is 39.3. The van der Waals surface area contributed by atoms with Crippen LogP contribution in [0.25, 0.3) is 50.1 Å². The van der Waals surface area contributed by atoms with Crippen LogP contribution in [0.4, 0.5) is 34.1 Å². The van der Waals surface area contributed by atoms with E-state index in [1.54, 1.807) is 6.08 Å². The molecule has 0 amide bonds. The number of hydrogen-bond donors (Lipinski definition) is 0. The lowest BCUT2D eigenvalue weighted by molar-refractivity contribution is 1.28. The fourth-order valence-electron chi connectivity index (χ4n) is 8.03. The molecule has 0 N–H and O–H groups in total. The Morgan fingerprint density at radius 1 is 0.290 bits per heavy atom. The number of anilines is 6. The quantitative estimate of drug-likeness (QED) is 0.107. The molecule has 0 fully saturated rings. The Kier molecular flexibility index (Phi) is 11.6. The third-order valence-corrected chi connectivity index (χ3v) is 11.2. The second-order valence-electron chi connectivity index (χ2n) is 15.1. The van der Waals surface area contributed by atoms with E-state index < -0.39 is 0 Å². The molecule has 0 aliphatic rings. The molecule has 9 aromatic rings. The second-order valence-corrected chi connectivity index (χ2v) is 15.1. The predicted octanol–water partition coefficient (Wildman–Crippen LogP) is 17.0. The Hall–Kier alpha value is -8.20. The summed E-state index contributed by atoms with van der Waals surface area (Å²) in [6.45, 7) is 7.83.